The van der Waals surface area contributed by atoms with Gasteiger partial charge < -0.3 is 14.8 Å². The van der Waals surface area contributed by atoms with Gasteiger partial charge in [0.1, 0.15) is 24.7 Å². The molecule has 0 aliphatic rings. The van der Waals surface area contributed by atoms with E-state index in [1.165, 1.54) is 19.2 Å². The van der Waals surface area contributed by atoms with Crippen LogP contribution in [0, 0.1) is 0 Å². The van der Waals surface area contributed by atoms with Gasteiger partial charge in [-0.15, -0.1) is 0 Å². The van der Waals surface area contributed by atoms with Crippen LogP contribution >= 0.6 is 11.6 Å². The van der Waals surface area contributed by atoms with Crippen LogP contribution in [0.4, 0.5) is 5.69 Å². The minimum atomic E-state index is -4.04. The van der Waals surface area contributed by atoms with Crippen LogP contribution in [0.15, 0.2) is 95.9 Å². The lowest BCUT2D eigenvalue weighted by atomic mass is 10.1. The summed E-state index contributed by atoms with van der Waals surface area (Å²) in [5.41, 5.74) is 0.317. The lowest BCUT2D eigenvalue weighted by Crippen LogP contribution is -2.41. The summed E-state index contributed by atoms with van der Waals surface area (Å²) in [6, 6.07) is 26.0. The van der Waals surface area contributed by atoms with Gasteiger partial charge in [0, 0.05) is 5.02 Å². The molecule has 36 heavy (non-hydrogen) atoms. The molecular formula is C27H25ClN2O5S. The molecule has 1 amide bonds. The monoisotopic (exact) mass is 524 g/mol. The molecule has 9 heteroatoms. The zero-order valence-corrected chi connectivity index (χ0v) is 21.1. The lowest BCUT2D eigenvalue weighted by Gasteiger charge is -2.24. The van der Waals surface area contributed by atoms with Crippen molar-refractivity contribution in [3.63, 3.8) is 0 Å². The van der Waals surface area contributed by atoms with Crippen molar-refractivity contribution >= 4 is 44.0 Å². The second kappa shape index (κ2) is 11.3. The number of nitrogens with one attached hydrogen (secondary N) is 1. The molecule has 0 heterocycles. The summed E-state index contributed by atoms with van der Waals surface area (Å²) in [5.74, 6) is 0.744. The summed E-state index contributed by atoms with van der Waals surface area (Å²) in [7, 11) is -2.54. The highest BCUT2D eigenvalue weighted by atomic mass is 35.5. The minimum Gasteiger partial charge on any atom is -0.497 e. The van der Waals surface area contributed by atoms with Crippen LogP contribution in [0.25, 0.3) is 10.8 Å². The average Bonchev–Trinajstić information content (AvgIpc) is 2.90. The normalized spacial score (nSPS) is 11.2. The van der Waals surface area contributed by atoms with Crippen molar-refractivity contribution < 1.29 is 22.7 Å². The van der Waals surface area contributed by atoms with Crippen molar-refractivity contribution in [3.05, 3.63) is 96.0 Å². The van der Waals surface area contributed by atoms with Crippen molar-refractivity contribution in [2.24, 2.45) is 0 Å². The van der Waals surface area contributed by atoms with Gasteiger partial charge >= 0.3 is 0 Å². The molecule has 186 valence electrons. The molecular weight excluding hydrogens is 500 g/mol. The van der Waals surface area contributed by atoms with E-state index in [2.05, 4.69) is 5.32 Å². The third kappa shape index (κ3) is 6.08. The Morgan fingerprint density at radius 3 is 2.25 bits per heavy atom. The van der Waals surface area contributed by atoms with Crippen molar-refractivity contribution in [3.8, 4) is 11.5 Å². The molecule has 4 aromatic carbocycles. The quantitative estimate of drug-likeness (QED) is 0.298. The Labute approximate surface area is 215 Å². The zero-order valence-electron chi connectivity index (χ0n) is 19.6. The van der Waals surface area contributed by atoms with Crippen molar-refractivity contribution in [2.45, 2.75) is 4.90 Å². The van der Waals surface area contributed by atoms with Crippen LogP contribution < -0.4 is 19.1 Å². The number of hydrogen-bond donors (Lipinski definition) is 1. The van der Waals surface area contributed by atoms with E-state index in [4.69, 9.17) is 21.1 Å². The largest absolute Gasteiger partial charge is 0.497 e. The first kappa shape index (κ1) is 25.3. The number of sulfonamides is 1. The van der Waals surface area contributed by atoms with Crippen LogP contribution in [0.2, 0.25) is 5.02 Å². The predicted molar refractivity (Wildman–Crippen MR) is 141 cm³/mol. The number of carbonyl (C=O) groups excluding carboxylic acids is 1. The Kier molecular flexibility index (Phi) is 7.97. The Morgan fingerprint density at radius 2 is 1.56 bits per heavy atom. The van der Waals surface area contributed by atoms with Gasteiger partial charge in [0.2, 0.25) is 5.91 Å². The molecule has 0 saturated heterocycles. The second-order valence-corrected chi connectivity index (χ2v) is 10.2. The van der Waals surface area contributed by atoms with Gasteiger partial charge in [-0.1, -0.05) is 41.9 Å². The van der Waals surface area contributed by atoms with E-state index >= 15 is 0 Å². The zero-order chi connectivity index (χ0) is 25.5. The fourth-order valence-corrected chi connectivity index (χ4v) is 5.15. The van der Waals surface area contributed by atoms with Crippen LogP contribution in [-0.4, -0.2) is 41.1 Å². The van der Waals surface area contributed by atoms with E-state index in [9.17, 15) is 13.2 Å². The molecule has 4 rings (SSSR count). The number of hydrogen-bond acceptors (Lipinski definition) is 5. The number of nitrogens with zero attached hydrogens (tertiary/aromatic N) is 1. The van der Waals surface area contributed by atoms with Crippen LogP contribution in [0.1, 0.15) is 0 Å². The number of halogens is 1. The maximum absolute atomic E-state index is 13.4. The summed E-state index contributed by atoms with van der Waals surface area (Å²) in [5, 5.41) is 5.35. The number of ether oxygens (including phenoxy) is 2. The van der Waals surface area contributed by atoms with E-state index in [0.29, 0.717) is 22.2 Å². The SMILES string of the molecule is COc1ccc(S(=O)(=O)N(CC(=O)NCCOc2ccc3ccccc3c2)c2ccc(Cl)cc2)cc1. The number of amides is 1. The van der Waals surface area contributed by atoms with Gasteiger partial charge in [-0.25, -0.2) is 8.42 Å². The van der Waals surface area contributed by atoms with Gasteiger partial charge in [0.15, 0.2) is 0 Å². The molecule has 1 N–H and O–H groups in total. The summed E-state index contributed by atoms with van der Waals surface area (Å²) in [6.07, 6.45) is 0. The summed E-state index contributed by atoms with van der Waals surface area (Å²) in [6.45, 7) is 0.0327. The van der Waals surface area contributed by atoms with E-state index in [0.717, 1.165) is 15.1 Å². The first-order chi connectivity index (χ1) is 17.4. The van der Waals surface area contributed by atoms with Crippen LogP contribution in [-0.2, 0) is 14.8 Å². The molecule has 4 aromatic rings. The molecule has 0 saturated carbocycles. The number of rotatable bonds is 10. The summed E-state index contributed by atoms with van der Waals surface area (Å²) >= 11 is 5.98. The van der Waals surface area contributed by atoms with E-state index < -0.39 is 22.5 Å². The number of methoxy groups -OCH3 is 1. The van der Waals surface area contributed by atoms with Gasteiger partial charge in [-0.05, 0) is 71.4 Å². The Bertz CT molecular complexity index is 1440. The first-order valence-electron chi connectivity index (χ1n) is 11.2. The van der Waals surface area contributed by atoms with E-state index in [-0.39, 0.29) is 18.0 Å². The molecule has 0 aromatic heterocycles. The van der Waals surface area contributed by atoms with Gasteiger partial charge in [0.05, 0.1) is 24.2 Å². The highest BCUT2D eigenvalue weighted by molar-refractivity contribution is 7.92. The molecule has 0 aliphatic carbocycles. The number of benzene rings is 4. The third-order valence-electron chi connectivity index (χ3n) is 5.46. The molecule has 0 atom stereocenters. The highest BCUT2D eigenvalue weighted by Crippen LogP contribution is 2.26. The second-order valence-electron chi connectivity index (χ2n) is 7.87. The smallest absolute Gasteiger partial charge is 0.264 e. The Hall–Kier alpha value is -3.75. The van der Waals surface area contributed by atoms with E-state index in [1.54, 1.807) is 36.4 Å². The minimum absolute atomic E-state index is 0.0330. The van der Waals surface area contributed by atoms with Crippen molar-refractivity contribution in [1.29, 1.82) is 0 Å². The maximum Gasteiger partial charge on any atom is 0.264 e. The van der Waals surface area contributed by atoms with Gasteiger partial charge in [-0.3, -0.25) is 9.10 Å². The fourth-order valence-electron chi connectivity index (χ4n) is 3.60. The molecule has 0 fully saturated rings. The lowest BCUT2D eigenvalue weighted by molar-refractivity contribution is -0.119. The molecule has 0 radical (unpaired) electrons. The third-order valence-corrected chi connectivity index (χ3v) is 7.50. The maximum atomic E-state index is 13.4. The number of anilines is 1. The molecule has 0 unspecified atom stereocenters. The Balaban J connectivity index is 1.42. The standard InChI is InChI=1S/C27H25ClN2O5S/c1-34-24-12-14-26(15-13-24)36(32,33)30(23-9-7-22(28)8-10-23)19-27(31)29-16-17-35-25-11-6-20-4-2-3-5-21(20)18-25/h2-15,18H,16-17,19H2,1H3,(H,29,31). The highest BCUT2D eigenvalue weighted by Gasteiger charge is 2.27. The molecule has 0 spiro atoms. The number of fused-ring (bicyclic) bond motifs is 1. The van der Waals surface area contributed by atoms with Gasteiger partial charge in [0.25, 0.3) is 10.0 Å². The fraction of sp³-hybridized carbons (Fsp3) is 0.148. The Morgan fingerprint density at radius 1 is 0.889 bits per heavy atom. The summed E-state index contributed by atoms with van der Waals surface area (Å²) in [4.78, 5) is 12.8. The van der Waals surface area contributed by atoms with E-state index in [1.807, 2.05) is 42.5 Å². The summed E-state index contributed by atoms with van der Waals surface area (Å²) < 4.78 is 38.8. The van der Waals surface area contributed by atoms with Crippen LogP contribution in [0.3, 0.4) is 0 Å². The van der Waals surface area contributed by atoms with Crippen molar-refractivity contribution in [2.75, 3.05) is 31.1 Å². The van der Waals surface area contributed by atoms with Gasteiger partial charge in [-0.2, -0.15) is 0 Å². The topological polar surface area (TPSA) is 84.9 Å². The number of carbonyl (C=O) groups is 1. The molecule has 0 aliphatic heterocycles. The van der Waals surface area contributed by atoms with Crippen LogP contribution in [0.5, 0.6) is 11.5 Å². The predicted octanol–water partition coefficient (Wildman–Crippen LogP) is 4.89. The first-order valence-corrected chi connectivity index (χ1v) is 13.0. The average molecular weight is 525 g/mol. The molecule has 7 nitrogen and oxygen atoms in total. The van der Waals surface area contributed by atoms with Crippen molar-refractivity contribution in [1.82, 2.24) is 5.32 Å². The molecule has 0 bridgehead atoms.